The van der Waals surface area contributed by atoms with Crippen LogP contribution in [0.5, 0.6) is 5.75 Å². The summed E-state index contributed by atoms with van der Waals surface area (Å²) in [5.41, 5.74) is 4.64. The Bertz CT molecular complexity index is 830. The molecule has 0 N–H and O–H groups in total. The number of hydrogen-bond donors (Lipinski definition) is 0. The standard InChI is InChI=1S/C19H20N2O2S/c1-4-22-17-8-6-5-7-16(17)18-20-21-19(23-18)24-12-15-11-13(2)9-10-14(15)3/h5-11H,4,12H2,1-3H3. The molecule has 0 aliphatic rings. The van der Waals surface area contributed by atoms with Crippen molar-refractivity contribution in [3.8, 4) is 17.2 Å². The Morgan fingerprint density at radius 2 is 1.92 bits per heavy atom. The van der Waals surface area contributed by atoms with Crippen LogP contribution in [0.4, 0.5) is 0 Å². The maximum Gasteiger partial charge on any atom is 0.277 e. The SMILES string of the molecule is CCOc1ccccc1-c1nnc(SCc2cc(C)ccc2C)o1. The molecule has 1 heterocycles. The van der Waals surface area contributed by atoms with E-state index in [1.54, 1.807) is 11.8 Å². The molecule has 0 aliphatic carbocycles. The summed E-state index contributed by atoms with van der Waals surface area (Å²) in [6.45, 7) is 6.77. The summed E-state index contributed by atoms with van der Waals surface area (Å²) >= 11 is 1.55. The summed E-state index contributed by atoms with van der Waals surface area (Å²) in [4.78, 5) is 0. The number of hydrogen-bond acceptors (Lipinski definition) is 5. The Morgan fingerprint density at radius 3 is 2.75 bits per heavy atom. The van der Waals surface area contributed by atoms with Gasteiger partial charge in [0.1, 0.15) is 5.75 Å². The average Bonchev–Trinajstić information content (AvgIpc) is 3.05. The zero-order valence-electron chi connectivity index (χ0n) is 14.1. The van der Waals surface area contributed by atoms with Gasteiger partial charge in [0.2, 0.25) is 0 Å². The highest BCUT2D eigenvalue weighted by atomic mass is 32.2. The van der Waals surface area contributed by atoms with Crippen LogP contribution in [-0.2, 0) is 5.75 Å². The molecule has 4 nitrogen and oxygen atoms in total. The zero-order chi connectivity index (χ0) is 16.9. The highest BCUT2D eigenvalue weighted by Crippen LogP contribution is 2.31. The molecular weight excluding hydrogens is 320 g/mol. The molecule has 0 spiro atoms. The lowest BCUT2D eigenvalue weighted by molar-refractivity contribution is 0.340. The molecule has 0 aliphatic heterocycles. The Balaban J connectivity index is 1.75. The lowest BCUT2D eigenvalue weighted by Gasteiger charge is -2.06. The average molecular weight is 340 g/mol. The van der Waals surface area contributed by atoms with Gasteiger partial charge < -0.3 is 9.15 Å². The number of ether oxygens (including phenoxy) is 1. The largest absolute Gasteiger partial charge is 0.493 e. The van der Waals surface area contributed by atoms with E-state index < -0.39 is 0 Å². The van der Waals surface area contributed by atoms with E-state index in [1.807, 2.05) is 31.2 Å². The lowest BCUT2D eigenvalue weighted by atomic mass is 10.1. The first-order valence-corrected chi connectivity index (χ1v) is 8.90. The molecular formula is C19H20N2O2S. The van der Waals surface area contributed by atoms with Crippen LogP contribution in [0.1, 0.15) is 23.6 Å². The number of rotatable bonds is 6. The predicted molar refractivity (Wildman–Crippen MR) is 96.4 cm³/mol. The second-order valence-corrected chi connectivity index (χ2v) is 6.45. The number of thioether (sulfide) groups is 1. The third-order valence-corrected chi connectivity index (χ3v) is 4.55. The van der Waals surface area contributed by atoms with E-state index in [4.69, 9.17) is 9.15 Å². The van der Waals surface area contributed by atoms with E-state index in [1.165, 1.54) is 16.7 Å². The van der Waals surface area contributed by atoms with Crippen molar-refractivity contribution in [3.05, 3.63) is 59.2 Å². The van der Waals surface area contributed by atoms with Gasteiger partial charge in [-0.05, 0) is 44.0 Å². The van der Waals surface area contributed by atoms with Crippen LogP contribution in [-0.4, -0.2) is 16.8 Å². The fraction of sp³-hybridized carbons (Fsp3) is 0.263. The molecule has 0 amide bonds. The maximum atomic E-state index is 5.81. The van der Waals surface area contributed by atoms with Crippen LogP contribution in [0.3, 0.4) is 0 Å². The molecule has 1 aromatic heterocycles. The van der Waals surface area contributed by atoms with Crippen LogP contribution in [0, 0.1) is 13.8 Å². The molecule has 0 fully saturated rings. The first-order chi connectivity index (χ1) is 11.7. The maximum absolute atomic E-state index is 5.81. The number of aromatic nitrogens is 2. The molecule has 0 saturated carbocycles. The molecule has 0 radical (unpaired) electrons. The fourth-order valence-corrected chi connectivity index (χ4v) is 3.22. The van der Waals surface area contributed by atoms with Gasteiger partial charge in [-0.2, -0.15) is 0 Å². The minimum absolute atomic E-state index is 0.488. The molecule has 0 unspecified atom stereocenters. The molecule has 0 saturated heterocycles. The first-order valence-electron chi connectivity index (χ1n) is 7.92. The minimum Gasteiger partial charge on any atom is -0.493 e. The van der Waals surface area contributed by atoms with E-state index in [2.05, 4.69) is 42.2 Å². The van der Waals surface area contributed by atoms with Crippen LogP contribution >= 0.6 is 11.8 Å². The topological polar surface area (TPSA) is 48.2 Å². The second-order valence-electron chi connectivity index (χ2n) is 5.52. The predicted octanol–water partition coefficient (Wildman–Crippen LogP) is 5.04. The Morgan fingerprint density at radius 1 is 1.08 bits per heavy atom. The molecule has 24 heavy (non-hydrogen) atoms. The Kier molecular flexibility index (Phi) is 5.20. The van der Waals surface area contributed by atoms with Crippen molar-refractivity contribution in [1.82, 2.24) is 10.2 Å². The molecule has 3 rings (SSSR count). The summed E-state index contributed by atoms with van der Waals surface area (Å²) in [6, 6.07) is 14.2. The van der Waals surface area contributed by atoms with Crippen molar-refractivity contribution in [2.75, 3.05) is 6.61 Å². The van der Waals surface area contributed by atoms with E-state index in [0.29, 0.717) is 17.7 Å². The number of para-hydroxylation sites is 1. The normalized spacial score (nSPS) is 10.8. The first kappa shape index (κ1) is 16.6. The summed E-state index contributed by atoms with van der Waals surface area (Å²) in [5.74, 6) is 2.06. The smallest absolute Gasteiger partial charge is 0.277 e. The van der Waals surface area contributed by atoms with Crippen LogP contribution < -0.4 is 4.74 Å². The molecule has 124 valence electrons. The van der Waals surface area contributed by atoms with Gasteiger partial charge >= 0.3 is 0 Å². The summed E-state index contributed by atoms with van der Waals surface area (Å²) in [7, 11) is 0. The third-order valence-electron chi connectivity index (χ3n) is 3.68. The van der Waals surface area contributed by atoms with Gasteiger partial charge in [0, 0.05) is 5.75 Å². The van der Waals surface area contributed by atoms with Gasteiger partial charge in [0.05, 0.1) is 12.2 Å². The van der Waals surface area contributed by atoms with Crippen LogP contribution in [0.25, 0.3) is 11.5 Å². The van der Waals surface area contributed by atoms with E-state index >= 15 is 0 Å². The second kappa shape index (κ2) is 7.53. The lowest BCUT2D eigenvalue weighted by Crippen LogP contribution is -1.93. The fourth-order valence-electron chi connectivity index (χ4n) is 2.40. The van der Waals surface area contributed by atoms with Crippen molar-refractivity contribution in [2.24, 2.45) is 0 Å². The van der Waals surface area contributed by atoms with Gasteiger partial charge in [0.15, 0.2) is 0 Å². The monoisotopic (exact) mass is 340 g/mol. The van der Waals surface area contributed by atoms with Gasteiger partial charge in [0.25, 0.3) is 11.1 Å². The summed E-state index contributed by atoms with van der Waals surface area (Å²) in [6.07, 6.45) is 0. The zero-order valence-corrected chi connectivity index (χ0v) is 14.9. The molecule has 0 atom stereocenters. The highest BCUT2D eigenvalue weighted by molar-refractivity contribution is 7.98. The molecule has 0 bridgehead atoms. The van der Waals surface area contributed by atoms with E-state index in [0.717, 1.165) is 17.1 Å². The molecule has 5 heteroatoms. The number of nitrogens with zero attached hydrogens (tertiary/aromatic N) is 2. The highest BCUT2D eigenvalue weighted by Gasteiger charge is 2.14. The van der Waals surface area contributed by atoms with Crippen molar-refractivity contribution < 1.29 is 9.15 Å². The van der Waals surface area contributed by atoms with E-state index in [-0.39, 0.29) is 0 Å². The molecule has 2 aromatic carbocycles. The van der Waals surface area contributed by atoms with Gasteiger partial charge in [-0.1, -0.05) is 47.7 Å². The Hall–Kier alpha value is -2.27. The van der Waals surface area contributed by atoms with Crippen LogP contribution in [0.15, 0.2) is 52.1 Å². The van der Waals surface area contributed by atoms with Gasteiger partial charge in [-0.25, -0.2) is 0 Å². The Labute approximate surface area is 146 Å². The third kappa shape index (κ3) is 3.79. The van der Waals surface area contributed by atoms with Crippen molar-refractivity contribution in [3.63, 3.8) is 0 Å². The van der Waals surface area contributed by atoms with Gasteiger partial charge in [-0.3, -0.25) is 0 Å². The summed E-state index contributed by atoms with van der Waals surface area (Å²) < 4.78 is 11.4. The van der Waals surface area contributed by atoms with E-state index in [9.17, 15) is 0 Å². The molecule has 3 aromatic rings. The number of benzene rings is 2. The van der Waals surface area contributed by atoms with Gasteiger partial charge in [-0.15, -0.1) is 10.2 Å². The quantitative estimate of drug-likeness (QED) is 0.588. The van der Waals surface area contributed by atoms with Crippen molar-refractivity contribution in [2.45, 2.75) is 31.7 Å². The van der Waals surface area contributed by atoms with Crippen LogP contribution in [0.2, 0.25) is 0 Å². The minimum atomic E-state index is 0.488. The van der Waals surface area contributed by atoms with Crippen molar-refractivity contribution >= 4 is 11.8 Å². The summed E-state index contributed by atoms with van der Waals surface area (Å²) in [5, 5.41) is 8.88. The number of aryl methyl sites for hydroxylation is 2. The van der Waals surface area contributed by atoms with Crippen molar-refractivity contribution in [1.29, 1.82) is 0 Å².